The number of rotatable bonds is 4. The minimum absolute atomic E-state index is 0.136. The number of allylic oxidation sites excluding steroid dienone is 2. The van der Waals surface area contributed by atoms with Gasteiger partial charge in [-0.1, -0.05) is 24.3 Å². The number of esters is 1. The Balaban J connectivity index is 1.45. The number of ketones is 1. The van der Waals surface area contributed by atoms with Gasteiger partial charge in [0.2, 0.25) is 6.79 Å². The van der Waals surface area contributed by atoms with Crippen molar-refractivity contribution < 1.29 is 23.8 Å². The molecular formula is C27H23N3O5. The maximum absolute atomic E-state index is 13.8. The second-order valence-electron chi connectivity index (χ2n) is 8.63. The van der Waals surface area contributed by atoms with E-state index in [-0.39, 0.29) is 19.2 Å². The van der Waals surface area contributed by atoms with E-state index in [2.05, 4.69) is 15.3 Å². The zero-order valence-electron chi connectivity index (χ0n) is 19.3. The number of aliphatic imine (C=N–C) groups is 1. The van der Waals surface area contributed by atoms with Crippen LogP contribution in [0.1, 0.15) is 30.9 Å². The van der Waals surface area contributed by atoms with Crippen molar-refractivity contribution in [3.8, 4) is 11.5 Å². The van der Waals surface area contributed by atoms with Gasteiger partial charge in [-0.15, -0.1) is 0 Å². The highest BCUT2D eigenvalue weighted by Crippen LogP contribution is 2.45. The van der Waals surface area contributed by atoms with E-state index in [1.807, 2.05) is 42.6 Å². The number of carbonyl (C=O) groups excluding carboxylic acids is 2. The Morgan fingerprint density at radius 2 is 2.00 bits per heavy atom. The van der Waals surface area contributed by atoms with Crippen LogP contribution in [0, 0.1) is 5.92 Å². The van der Waals surface area contributed by atoms with Gasteiger partial charge in [0.25, 0.3) is 0 Å². The maximum atomic E-state index is 13.8. The molecule has 35 heavy (non-hydrogen) atoms. The summed E-state index contributed by atoms with van der Waals surface area (Å²) in [6.07, 6.45) is 3.66. The van der Waals surface area contributed by atoms with E-state index in [1.54, 1.807) is 26.0 Å². The molecule has 0 saturated carbocycles. The molecule has 0 fully saturated rings. The molecule has 2 atom stereocenters. The Hall–Kier alpha value is -4.33. The summed E-state index contributed by atoms with van der Waals surface area (Å²) in [4.78, 5) is 34.7. The summed E-state index contributed by atoms with van der Waals surface area (Å²) in [6, 6.07) is 13.4. The van der Waals surface area contributed by atoms with E-state index in [9.17, 15) is 9.59 Å². The van der Waals surface area contributed by atoms with Crippen molar-refractivity contribution in [1.82, 2.24) is 10.3 Å². The van der Waals surface area contributed by atoms with Crippen LogP contribution in [0.3, 0.4) is 0 Å². The van der Waals surface area contributed by atoms with Gasteiger partial charge in [-0.3, -0.25) is 4.79 Å². The summed E-state index contributed by atoms with van der Waals surface area (Å²) >= 11 is 0. The molecule has 0 bridgehead atoms. The van der Waals surface area contributed by atoms with Crippen molar-refractivity contribution >= 4 is 34.6 Å². The molecule has 0 radical (unpaired) electrons. The third kappa shape index (κ3) is 3.41. The number of carbonyl (C=O) groups is 2. The molecule has 2 unspecified atom stereocenters. The van der Waals surface area contributed by atoms with Crippen LogP contribution >= 0.6 is 0 Å². The lowest BCUT2D eigenvalue weighted by Crippen LogP contribution is -2.42. The zero-order valence-corrected chi connectivity index (χ0v) is 19.3. The maximum Gasteiger partial charge on any atom is 0.336 e. The molecule has 0 spiro atoms. The topological polar surface area (TPSA) is 102 Å². The van der Waals surface area contributed by atoms with Crippen molar-refractivity contribution in [2.45, 2.75) is 19.8 Å². The third-order valence-electron chi connectivity index (χ3n) is 6.60. The number of hydrogen-bond donors (Lipinski definition) is 2. The molecule has 0 amide bonds. The van der Waals surface area contributed by atoms with Gasteiger partial charge in [0.1, 0.15) is 11.5 Å². The lowest BCUT2D eigenvalue weighted by Gasteiger charge is -2.32. The normalized spacial score (nSPS) is 21.8. The van der Waals surface area contributed by atoms with Crippen LogP contribution in [0.5, 0.6) is 11.5 Å². The van der Waals surface area contributed by atoms with E-state index in [0.717, 1.165) is 22.0 Å². The Labute approximate surface area is 201 Å². The Morgan fingerprint density at radius 1 is 1.17 bits per heavy atom. The molecule has 8 heteroatoms. The first-order chi connectivity index (χ1) is 17.0. The van der Waals surface area contributed by atoms with Crippen LogP contribution in [0.15, 0.2) is 70.6 Å². The van der Waals surface area contributed by atoms with Crippen LogP contribution in [0.2, 0.25) is 0 Å². The highest BCUT2D eigenvalue weighted by molar-refractivity contribution is 6.22. The van der Waals surface area contributed by atoms with E-state index in [0.29, 0.717) is 34.3 Å². The van der Waals surface area contributed by atoms with Crippen LogP contribution < -0.4 is 14.8 Å². The summed E-state index contributed by atoms with van der Waals surface area (Å²) < 4.78 is 16.4. The molecule has 4 heterocycles. The smallest absolute Gasteiger partial charge is 0.336 e. The lowest BCUT2D eigenvalue weighted by atomic mass is 9.75. The first-order valence-corrected chi connectivity index (χ1v) is 11.5. The Bertz CT molecular complexity index is 1480. The summed E-state index contributed by atoms with van der Waals surface area (Å²) in [5.41, 5.74) is 3.98. The van der Waals surface area contributed by atoms with Crippen molar-refractivity contribution in [2.75, 3.05) is 13.4 Å². The quantitative estimate of drug-likeness (QED) is 0.441. The number of ether oxygens (including phenoxy) is 3. The molecule has 3 aromatic rings. The highest BCUT2D eigenvalue weighted by Gasteiger charge is 2.47. The van der Waals surface area contributed by atoms with Crippen molar-refractivity contribution in [3.63, 3.8) is 0 Å². The molecule has 0 aliphatic carbocycles. The largest absolute Gasteiger partial charge is 0.463 e. The van der Waals surface area contributed by atoms with Gasteiger partial charge in [-0.25, -0.2) is 9.79 Å². The van der Waals surface area contributed by atoms with Crippen molar-refractivity contribution in [2.24, 2.45) is 10.9 Å². The van der Waals surface area contributed by atoms with Gasteiger partial charge in [0.15, 0.2) is 17.3 Å². The minimum Gasteiger partial charge on any atom is -0.463 e. The molecule has 8 nitrogen and oxygen atoms in total. The van der Waals surface area contributed by atoms with E-state index in [1.165, 1.54) is 0 Å². The summed E-state index contributed by atoms with van der Waals surface area (Å²) in [7, 11) is 0. The third-order valence-corrected chi connectivity index (χ3v) is 6.60. The van der Waals surface area contributed by atoms with Crippen LogP contribution in [0.25, 0.3) is 17.0 Å². The van der Waals surface area contributed by atoms with E-state index < -0.39 is 17.8 Å². The fourth-order valence-electron chi connectivity index (χ4n) is 5.03. The van der Waals surface area contributed by atoms with E-state index >= 15 is 0 Å². The SMILES string of the molecule is CCOC(=O)C1=C(C)NC2=N/C(=C\c3c[nH]c4ccccc34)C(=O)C2C1c1ccc2c(c1)OCO2. The number of hydrogen-bond acceptors (Lipinski definition) is 7. The van der Waals surface area contributed by atoms with Crippen LogP contribution in [0.4, 0.5) is 0 Å². The Morgan fingerprint density at radius 3 is 2.86 bits per heavy atom. The lowest BCUT2D eigenvalue weighted by molar-refractivity contribution is -0.139. The molecule has 176 valence electrons. The highest BCUT2D eigenvalue weighted by atomic mass is 16.7. The number of amidine groups is 1. The fourth-order valence-corrected chi connectivity index (χ4v) is 5.03. The number of fused-ring (bicyclic) bond motifs is 3. The molecule has 3 aliphatic rings. The molecule has 6 rings (SSSR count). The number of para-hydroxylation sites is 1. The van der Waals surface area contributed by atoms with Gasteiger partial charge in [0, 0.05) is 34.3 Å². The number of nitrogens with one attached hydrogen (secondary N) is 2. The Kier molecular flexibility index (Phi) is 4.95. The number of nitrogens with zero attached hydrogens (tertiary/aromatic N) is 1. The van der Waals surface area contributed by atoms with Crippen molar-refractivity contribution in [1.29, 1.82) is 0 Å². The summed E-state index contributed by atoms with van der Waals surface area (Å²) in [5.74, 6) is -0.141. The molecule has 0 saturated heterocycles. The van der Waals surface area contributed by atoms with Gasteiger partial charge in [0.05, 0.1) is 18.1 Å². The first-order valence-electron chi connectivity index (χ1n) is 11.5. The van der Waals surface area contributed by atoms with Gasteiger partial charge < -0.3 is 24.5 Å². The second-order valence-corrected chi connectivity index (χ2v) is 8.63. The van der Waals surface area contributed by atoms with Gasteiger partial charge in [-0.05, 0) is 43.7 Å². The number of aromatic nitrogens is 1. The van der Waals surface area contributed by atoms with Gasteiger partial charge >= 0.3 is 5.97 Å². The summed E-state index contributed by atoms with van der Waals surface area (Å²) in [5, 5.41) is 4.20. The fraction of sp³-hybridized carbons (Fsp3) is 0.222. The molecule has 1 aromatic heterocycles. The molecule has 2 aromatic carbocycles. The van der Waals surface area contributed by atoms with E-state index in [4.69, 9.17) is 14.2 Å². The predicted molar refractivity (Wildman–Crippen MR) is 130 cm³/mol. The monoisotopic (exact) mass is 469 g/mol. The zero-order chi connectivity index (χ0) is 24.1. The van der Waals surface area contributed by atoms with Crippen molar-refractivity contribution in [3.05, 3.63) is 76.8 Å². The molecule has 3 aliphatic heterocycles. The van der Waals surface area contributed by atoms with Gasteiger partial charge in [-0.2, -0.15) is 0 Å². The molecule has 2 N–H and O–H groups in total. The number of benzene rings is 2. The molecular weight excluding hydrogens is 446 g/mol. The number of aromatic amines is 1. The van der Waals surface area contributed by atoms with Crippen LogP contribution in [-0.4, -0.2) is 36.0 Å². The standard InChI is InChI=1S/C27H23N3O5/c1-3-33-27(32)22-14(2)29-26-24(23(22)15-8-9-20-21(11-15)35-13-34-20)25(31)19(30-26)10-16-12-28-18-7-5-4-6-17(16)18/h4-12,23-24,28H,3,13H2,1-2H3,(H,29,30)/b19-10-. The second kappa shape index (κ2) is 8.16. The minimum atomic E-state index is -0.685. The number of Topliss-reactive ketones (excluding diaryl/α,β-unsaturated/α-hetero) is 1. The number of H-pyrrole nitrogens is 1. The first kappa shape index (κ1) is 21.2. The average Bonchev–Trinajstić information content (AvgIpc) is 3.56. The average molecular weight is 469 g/mol. The van der Waals surface area contributed by atoms with Crippen LogP contribution in [-0.2, 0) is 14.3 Å². The summed E-state index contributed by atoms with van der Waals surface area (Å²) in [6.45, 7) is 3.93. The predicted octanol–water partition coefficient (Wildman–Crippen LogP) is 4.06.